The van der Waals surface area contributed by atoms with Crippen LogP contribution in [0.25, 0.3) is 0 Å². The molecule has 1 rings (SSSR count). The first-order valence-corrected chi connectivity index (χ1v) is 12.7. The predicted molar refractivity (Wildman–Crippen MR) is 118 cm³/mol. The predicted octanol–water partition coefficient (Wildman–Crippen LogP) is 4.19. The van der Waals surface area contributed by atoms with E-state index in [4.69, 9.17) is 4.43 Å². The fourth-order valence-corrected chi connectivity index (χ4v) is 5.10. The Labute approximate surface area is 169 Å². The average molecular weight is 413 g/mol. The minimum Gasteiger partial charge on any atom is -0.419 e. The van der Waals surface area contributed by atoms with Crippen molar-refractivity contribution in [1.29, 1.82) is 0 Å². The van der Waals surface area contributed by atoms with Gasteiger partial charge in [0.05, 0.1) is 0 Å². The van der Waals surface area contributed by atoms with Gasteiger partial charge in [0.25, 0.3) is 0 Å². The fourth-order valence-electron chi connectivity index (χ4n) is 2.58. The number of thioether (sulfide) groups is 2. The number of hydrogen-bond donors (Lipinski definition) is 0. The van der Waals surface area contributed by atoms with E-state index in [0.717, 1.165) is 36.8 Å². The molecule has 6 heteroatoms. The Kier molecular flexibility index (Phi) is 10.8. The molecule has 0 spiro atoms. The van der Waals surface area contributed by atoms with Crippen LogP contribution in [0.2, 0.25) is 6.04 Å². The average Bonchev–Trinajstić information content (AvgIpc) is 2.51. The van der Waals surface area contributed by atoms with Gasteiger partial charge in [0, 0.05) is 31.0 Å². The molecule has 0 N–H and O–H groups in total. The maximum Gasteiger partial charge on any atom is 0.185 e. The molecule has 1 aromatic rings. The second-order valence-electron chi connectivity index (χ2n) is 7.35. The zero-order valence-electron chi connectivity index (χ0n) is 16.7. The van der Waals surface area contributed by atoms with Gasteiger partial charge >= 0.3 is 0 Å². The molecule has 0 radical (unpaired) electrons. The van der Waals surface area contributed by atoms with Crippen LogP contribution in [0.1, 0.15) is 51.3 Å². The molecule has 26 heavy (non-hydrogen) atoms. The van der Waals surface area contributed by atoms with Crippen molar-refractivity contribution in [2.75, 3.05) is 11.5 Å². The van der Waals surface area contributed by atoms with Gasteiger partial charge in [0.15, 0.2) is 20.0 Å². The van der Waals surface area contributed by atoms with Gasteiger partial charge in [0.2, 0.25) is 0 Å². The number of hydrogen-bond acceptors (Lipinski definition) is 5. The Morgan fingerprint density at radius 1 is 0.962 bits per heavy atom. The van der Waals surface area contributed by atoms with Crippen LogP contribution in [-0.2, 0) is 33.3 Å². The molecule has 0 saturated heterocycles. The second-order valence-corrected chi connectivity index (χ2v) is 11.3. The third kappa shape index (κ3) is 11.2. The standard InChI is InChI=1S/C20H32O3S2Si/c1-15(21)24-11-8-18-7-6-17(10-13-26-23-20(3,4)5)14-19(18)9-12-25-16(2)22/h6-7,14H,8-13,26H2,1-5H3. The molecule has 0 heterocycles. The minimum absolute atomic E-state index is 0.0282. The molecule has 0 fully saturated rings. The fraction of sp³-hybridized carbons (Fsp3) is 0.600. The van der Waals surface area contributed by atoms with Crippen LogP contribution < -0.4 is 0 Å². The van der Waals surface area contributed by atoms with Crippen LogP contribution in [0.4, 0.5) is 0 Å². The zero-order chi connectivity index (χ0) is 19.6. The van der Waals surface area contributed by atoms with Crippen LogP contribution in [-0.4, -0.2) is 37.1 Å². The van der Waals surface area contributed by atoms with Crippen molar-refractivity contribution in [2.24, 2.45) is 0 Å². The lowest BCUT2D eigenvalue weighted by Gasteiger charge is -2.20. The Morgan fingerprint density at radius 2 is 1.54 bits per heavy atom. The molecular weight excluding hydrogens is 380 g/mol. The lowest BCUT2D eigenvalue weighted by atomic mass is 9.99. The monoisotopic (exact) mass is 412 g/mol. The van der Waals surface area contributed by atoms with Crippen molar-refractivity contribution in [1.82, 2.24) is 0 Å². The number of carbonyl (C=O) groups is 2. The summed E-state index contributed by atoms with van der Waals surface area (Å²) in [6, 6.07) is 7.84. The van der Waals surface area contributed by atoms with E-state index < -0.39 is 9.76 Å². The highest BCUT2D eigenvalue weighted by Crippen LogP contribution is 2.19. The molecular formula is C20H32O3S2Si. The first-order valence-electron chi connectivity index (χ1n) is 9.19. The van der Waals surface area contributed by atoms with E-state index in [1.807, 2.05) is 0 Å². The molecule has 0 aromatic heterocycles. The highest BCUT2D eigenvalue weighted by Gasteiger charge is 2.10. The zero-order valence-corrected chi connectivity index (χ0v) is 19.8. The highest BCUT2D eigenvalue weighted by molar-refractivity contribution is 8.13. The second kappa shape index (κ2) is 12.0. The van der Waals surface area contributed by atoms with Gasteiger partial charge < -0.3 is 4.43 Å². The van der Waals surface area contributed by atoms with Gasteiger partial charge in [-0.1, -0.05) is 41.7 Å². The van der Waals surface area contributed by atoms with Crippen molar-refractivity contribution in [3.8, 4) is 0 Å². The largest absolute Gasteiger partial charge is 0.419 e. The van der Waals surface area contributed by atoms with E-state index in [0.29, 0.717) is 0 Å². The van der Waals surface area contributed by atoms with E-state index >= 15 is 0 Å². The smallest absolute Gasteiger partial charge is 0.185 e. The van der Waals surface area contributed by atoms with Crippen molar-refractivity contribution in [2.45, 2.75) is 65.5 Å². The van der Waals surface area contributed by atoms with Crippen molar-refractivity contribution >= 4 is 43.5 Å². The number of aryl methyl sites for hydroxylation is 3. The summed E-state index contributed by atoms with van der Waals surface area (Å²) >= 11 is 2.76. The van der Waals surface area contributed by atoms with Gasteiger partial charge in [-0.3, -0.25) is 9.59 Å². The Morgan fingerprint density at radius 3 is 2.08 bits per heavy atom. The Hall–Kier alpha value is -0.563. The summed E-state index contributed by atoms with van der Waals surface area (Å²) in [5.41, 5.74) is 3.94. The number of carbonyl (C=O) groups excluding carboxylic acids is 2. The number of rotatable bonds is 10. The molecule has 0 atom stereocenters. The Bertz CT molecular complexity index is 597. The maximum absolute atomic E-state index is 11.2. The lowest BCUT2D eigenvalue weighted by molar-refractivity contribution is -0.109. The molecule has 0 aliphatic heterocycles. The van der Waals surface area contributed by atoms with Crippen molar-refractivity contribution in [3.63, 3.8) is 0 Å². The summed E-state index contributed by atoms with van der Waals surface area (Å²) in [4.78, 5) is 22.4. The molecule has 146 valence electrons. The van der Waals surface area contributed by atoms with E-state index in [2.05, 4.69) is 39.0 Å². The highest BCUT2D eigenvalue weighted by atomic mass is 32.2. The lowest BCUT2D eigenvalue weighted by Crippen LogP contribution is -2.21. The first kappa shape index (κ1) is 23.5. The SMILES string of the molecule is CC(=O)SCCc1ccc(CC[SiH2]OC(C)(C)C)cc1CCSC(C)=O. The number of benzene rings is 1. The molecule has 3 nitrogen and oxygen atoms in total. The van der Waals surface area contributed by atoms with Gasteiger partial charge in [-0.05, 0) is 62.8 Å². The van der Waals surface area contributed by atoms with Crippen LogP contribution >= 0.6 is 23.5 Å². The van der Waals surface area contributed by atoms with Crippen LogP contribution in [0, 0.1) is 0 Å². The third-order valence-electron chi connectivity index (χ3n) is 3.77. The van der Waals surface area contributed by atoms with Gasteiger partial charge in [0.1, 0.15) is 0 Å². The van der Waals surface area contributed by atoms with Crippen LogP contribution in [0.3, 0.4) is 0 Å². The van der Waals surface area contributed by atoms with E-state index in [1.54, 1.807) is 13.8 Å². The molecule has 0 saturated carbocycles. The summed E-state index contributed by atoms with van der Waals surface area (Å²) in [6.45, 7) is 9.56. The minimum atomic E-state index is -0.497. The van der Waals surface area contributed by atoms with E-state index in [9.17, 15) is 9.59 Å². The summed E-state index contributed by atoms with van der Waals surface area (Å²) < 4.78 is 5.94. The van der Waals surface area contributed by atoms with Crippen LogP contribution in [0.15, 0.2) is 18.2 Å². The quantitative estimate of drug-likeness (QED) is 0.426. The summed E-state index contributed by atoms with van der Waals surface area (Å²) in [5, 5.41) is 0.333. The molecule has 0 aliphatic carbocycles. The normalized spacial score (nSPS) is 12.0. The van der Waals surface area contributed by atoms with Gasteiger partial charge in [-0.15, -0.1) is 0 Å². The van der Waals surface area contributed by atoms with Crippen LogP contribution in [0.5, 0.6) is 0 Å². The summed E-state index contributed by atoms with van der Waals surface area (Å²) in [6.07, 6.45) is 2.85. The van der Waals surface area contributed by atoms with Crippen molar-refractivity contribution in [3.05, 3.63) is 34.9 Å². The summed E-state index contributed by atoms with van der Waals surface area (Å²) in [7, 11) is -0.497. The van der Waals surface area contributed by atoms with E-state index in [1.165, 1.54) is 40.2 Å². The molecule has 1 aromatic carbocycles. The summed E-state index contributed by atoms with van der Waals surface area (Å²) in [5.74, 6) is 1.63. The first-order chi connectivity index (χ1) is 12.2. The van der Waals surface area contributed by atoms with E-state index in [-0.39, 0.29) is 15.8 Å². The molecule has 0 unspecified atom stereocenters. The maximum atomic E-state index is 11.2. The molecule has 0 bridgehead atoms. The molecule has 0 amide bonds. The topological polar surface area (TPSA) is 43.4 Å². The molecule has 0 aliphatic rings. The van der Waals surface area contributed by atoms with Gasteiger partial charge in [-0.25, -0.2) is 0 Å². The Balaban J connectivity index is 2.67. The van der Waals surface area contributed by atoms with Gasteiger partial charge in [-0.2, -0.15) is 0 Å². The third-order valence-corrected chi connectivity index (χ3v) is 7.11. The van der Waals surface area contributed by atoms with Crippen molar-refractivity contribution < 1.29 is 14.0 Å².